The molecule has 0 radical (unpaired) electrons. The maximum atomic E-state index is 12.2. The molecule has 1 atom stereocenters. The zero-order valence-electron chi connectivity index (χ0n) is 11.0. The second-order valence-electron chi connectivity index (χ2n) is 4.02. The van der Waals surface area contributed by atoms with Gasteiger partial charge in [-0.1, -0.05) is 5.21 Å². The second-order valence-corrected chi connectivity index (χ2v) is 5.73. The highest BCUT2D eigenvalue weighted by Gasteiger charge is 2.21. The van der Waals surface area contributed by atoms with Crippen molar-refractivity contribution in [3.63, 3.8) is 0 Å². The first-order valence-electron chi connectivity index (χ1n) is 5.98. The minimum atomic E-state index is -3.68. The van der Waals surface area contributed by atoms with Gasteiger partial charge in [-0.25, -0.2) is 18.1 Å². The van der Waals surface area contributed by atoms with E-state index in [1.165, 1.54) is 18.3 Å². The summed E-state index contributed by atoms with van der Waals surface area (Å²) in [6, 6.07) is 2.30. The molecule has 10 heteroatoms. The van der Waals surface area contributed by atoms with Crippen LogP contribution in [0.3, 0.4) is 0 Å². The lowest BCUT2D eigenvalue weighted by Gasteiger charge is -2.11. The van der Waals surface area contributed by atoms with Crippen LogP contribution in [0.15, 0.2) is 23.2 Å². The number of aromatic nitrogens is 5. The van der Waals surface area contributed by atoms with Gasteiger partial charge in [0.1, 0.15) is 5.82 Å². The summed E-state index contributed by atoms with van der Waals surface area (Å²) in [5, 5.41) is 16.1. The molecule has 0 aromatic carbocycles. The fourth-order valence-electron chi connectivity index (χ4n) is 1.56. The summed E-state index contributed by atoms with van der Waals surface area (Å²) in [7, 11) is -3.68. The molecule has 2 aromatic rings. The molecule has 3 N–H and O–H groups in total. The highest BCUT2D eigenvalue weighted by molar-refractivity contribution is 7.89. The Morgan fingerprint density at radius 2 is 2.25 bits per heavy atom. The monoisotopic (exact) mass is 297 g/mol. The van der Waals surface area contributed by atoms with E-state index in [9.17, 15) is 8.42 Å². The van der Waals surface area contributed by atoms with Crippen molar-refractivity contribution in [3.05, 3.63) is 24.2 Å². The normalized spacial score (nSPS) is 13.1. The van der Waals surface area contributed by atoms with Gasteiger partial charge in [0.15, 0.2) is 5.82 Å². The molecule has 0 spiro atoms. The van der Waals surface area contributed by atoms with Crippen molar-refractivity contribution >= 4 is 15.8 Å². The van der Waals surface area contributed by atoms with E-state index in [1.54, 1.807) is 6.92 Å². The van der Waals surface area contributed by atoms with Gasteiger partial charge in [0.05, 0.1) is 10.9 Å². The molecule has 0 saturated carbocycles. The second kappa shape index (κ2) is 5.92. The summed E-state index contributed by atoms with van der Waals surface area (Å²) in [6.07, 6.45) is 1.44. The summed E-state index contributed by atoms with van der Waals surface area (Å²) in [5.74, 6) is 0.775. The molecule has 0 saturated heterocycles. The molecule has 20 heavy (non-hydrogen) atoms. The summed E-state index contributed by atoms with van der Waals surface area (Å²) < 4.78 is 27.0. The molecule has 0 bridgehead atoms. The Morgan fingerprint density at radius 3 is 2.90 bits per heavy atom. The van der Waals surface area contributed by atoms with Crippen LogP contribution in [-0.2, 0) is 10.0 Å². The van der Waals surface area contributed by atoms with E-state index >= 15 is 0 Å². The van der Waals surface area contributed by atoms with Crippen LogP contribution in [0.1, 0.15) is 25.7 Å². The first-order chi connectivity index (χ1) is 9.53. The van der Waals surface area contributed by atoms with Crippen LogP contribution in [0.25, 0.3) is 0 Å². The molecular formula is C10H15N7O2S. The van der Waals surface area contributed by atoms with Crippen molar-refractivity contribution in [2.45, 2.75) is 24.8 Å². The third-order valence-corrected chi connectivity index (χ3v) is 4.02. The van der Waals surface area contributed by atoms with Gasteiger partial charge >= 0.3 is 0 Å². The zero-order valence-corrected chi connectivity index (χ0v) is 11.8. The molecule has 0 aliphatic carbocycles. The van der Waals surface area contributed by atoms with E-state index in [1.807, 2.05) is 6.92 Å². The first-order valence-corrected chi connectivity index (χ1v) is 7.47. The third kappa shape index (κ3) is 3.27. The standard InChI is InChI=1S/C10H15N7O2S/c1-3-11-9-6-8(4-5-12-9)20(18,19)15-7(2)10-13-16-17-14-10/h4-7,15H,3H2,1-2H3,(H,11,12)(H,13,14,16,17). The van der Waals surface area contributed by atoms with Gasteiger partial charge in [-0.3, -0.25) is 0 Å². The van der Waals surface area contributed by atoms with Crippen molar-refractivity contribution in [3.8, 4) is 0 Å². The molecule has 108 valence electrons. The molecule has 0 fully saturated rings. The number of H-pyrrole nitrogens is 1. The maximum absolute atomic E-state index is 12.2. The Balaban J connectivity index is 2.20. The fourth-order valence-corrected chi connectivity index (χ4v) is 2.78. The van der Waals surface area contributed by atoms with Crippen molar-refractivity contribution < 1.29 is 8.42 Å². The molecule has 2 heterocycles. The highest BCUT2D eigenvalue weighted by atomic mass is 32.2. The Hall–Kier alpha value is -2.07. The Labute approximate surface area is 116 Å². The number of nitrogens with one attached hydrogen (secondary N) is 3. The van der Waals surface area contributed by atoms with Gasteiger partial charge in [0.2, 0.25) is 10.0 Å². The van der Waals surface area contributed by atoms with Gasteiger partial charge in [-0.05, 0) is 19.9 Å². The van der Waals surface area contributed by atoms with Gasteiger partial charge in [-0.2, -0.15) is 5.21 Å². The van der Waals surface area contributed by atoms with Crippen molar-refractivity contribution in [2.75, 3.05) is 11.9 Å². The lowest BCUT2D eigenvalue weighted by Crippen LogP contribution is -2.27. The average molecular weight is 297 g/mol. The lowest BCUT2D eigenvalue weighted by molar-refractivity contribution is 0.560. The maximum Gasteiger partial charge on any atom is 0.241 e. The molecule has 1 unspecified atom stereocenters. The molecule has 0 aliphatic heterocycles. The van der Waals surface area contributed by atoms with Gasteiger partial charge in [0, 0.05) is 18.8 Å². The van der Waals surface area contributed by atoms with Gasteiger partial charge in [-0.15, -0.1) is 10.2 Å². The zero-order chi connectivity index (χ0) is 14.6. The number of sulfonamides is 1. The number of tetrazole rings is 1. The number of nitrogens with zero attached hydrogens (tertiary/aromatic N) is 4. The van der Waals surface area contributed by atoms with Crippen molar-refractivity contribution in [2.24, 2.45) is 0 Å². The minimum Gasteiger partial charge on any atom is -0.370 e. The highest BCUT2D eigenvalue weighted by Crippen LogP contribution is 2.15. The van der Waals surface area contributed by atoms with Gasteiger partial charge < -0.3 is 5.32 Å². The largest absolute Gasteiger partial charge is 0.370 e. The molecule has 2 aromatic heterocycles. The van der Waals surface area contributed by atoms with Gasteiger partial charge in [0.25, 0.3) is 0 Å². The number of aromatic amines is 1. The number of hydrogen-bond acceptors (Lipinski definition) is 7. The summed E-state index contributed by atoms with van der Waals surface area (Å²) >= 11 is 0. The van der Waals surface area contributed by atoms with E-state index in [-0.39, 0.29) is 10.7 Å². The molecule has 9 nitrogen and oxygen atoms in total. The Morgan fingerprint density at radius 1 is 1.45 bits per heavy atom. The Bertz CT molecular complexity index is 656. The molecular weight excluding hydrogens is 282 g/mol. The predicted molar refractivity (Wildman–Crippen MR) is 71.3 cm³/mol. The molecule has 0 aliphatic rings. The average Bonchev–Trinajstić information content (AvgIpc) is 2.93. The third-order valence-electron chi connectivity index (χ3n) is 2.48. The van der Waals surface area contributed by atoms with Crippen LogP contribution in [-0.4, -0.2) is 40.6 Å². The van der Waals surface area contributed by atoms with Crippen molar-refractivity contribution in [1.29, 1.82) is 0 Å². The number of hydrogen-bond donors (Lipinski definition) is 3. The quantitative estimate of drug-likeness (QED) is 0.688. The van der Waals surface area contributed by atoms with E-state index in [4.69, 9.17) is 0 Å². The van der Waals surface area contributed by atoms with Crippen LogP contribution in [0.4, 0.5) is 5.82 Å². The summed E-state index contributed by atoms with van der Waals surface area (Å²) in [5.41, 5.74) is 0. The van der Waals surface area contributed by atoms with Crippen LogP contribution >= 0.6 is 0 Å². The summed E-state index contributed by atoms with van der Waals surface area (Å²) in [6.45, 7) is 4.19. The SMILES string of the molecule is CCNc1cc(S(=O)(=O)NC(C)c2nn[nH]n2)ccn1. The van der Waals surface area contributed by atoms with Crippen LogP contribution in [0.2, 0.25) is 0 Å². The van der Waals surface area contributed by atoms with Crippen LogP contribution in [0, 0.1) is 0 Å². The number of pyridine rings is 1. The van der Waals surface area contributed by atoms with E-state index in [0.29, 0.717) is 12.4 Å². The van der Waals surface area contributed by atoms with Crippen molar-refractivity contribution in [1.82, 2.24) is 30.3 Å². The molecule has 2 rings (SSSR count). The van der Waals surface area contributed by atoms with E-state index in [0.717, 1.165) is 0 Å². The van der Waals surface area contributed by atoms with E-state index < -0.39 is 16.1 Å². The number of anilines is 1. The molecule has 0 amide bonds. The van der Waals surface area contributed by atoms with Crippen LogP contribution < -0.4 is 10.0 Å². The smallest absolute Gasteiger partial charge is 0.241 e. The van der Waals surface area contributed by atoms with Crippen LogP contribution in [0.5, 0.6) is 0 Å². The predicted octanol–water partition coefficient (Wildman–Crippen LogP) is 0.0660. The summed E-state index contributed by atoms with van der Waals surface area (Å²) in [4.78, 5) is 4.15. The Kier molecular flexibility index (Phi) is 4.25. The fraction of sp³-hybridized carbons (Fsp3) is 0.400. The lowest BCUT2D eigenvalue weighted by atomic mass is 10.4. The first kappa shape index (κ1) is 14.3. The number of rotatable bonds is 6. The van der Waals surface area contributed by atoms with E-state index in [2.05, 4.69) is 35.6 Å². The minimum absolute atomic E-state index is 0.124. The topological polar surface area (TPSA) is 126 Å².